The van der Waals surface area contributed by atoms with Gasteiger partial charge in [-0.2, -0.15) is 0 Å². The van der Waals surface area contributed by atoms with Crippen LogP contribution < -0.4 is 16.2 Å². The van der Waals surface area contributed by atoms with E-state index >= 15 is 0 Å². The van der Waals surface area contributed by atoms with Crippen LogP contribution >= 0.6 is 0 Å². The second-order valence-electron chi connectivity index (χ2n) is 5.46. The van der Waals surface area contributed by atoms with Crippen molar-refractivity contribution in [3.8, 4) is 5.75 Å². The molecule has 1 heterocycles. The Morgan fingerprint density at radius 1 is 1.23 bits per heavy atom. The summed E-state index contributed by atoms with van der Waals surface area (Å²) in [5.41, 5.74) is 11.3. The minimum absolute atomic E-state index is 0.0870. The monoisotopic (exact) mass is 305 g/mol. The maximum atomic E-state index is 12.2. The van der Waals surface area contributed by atoms with E-state index in [0.29, 0.717) is 30.9 Å². The molecular formula is C16H23N3O3. The number of carbonyl (C=O) groups excluding carboxylic acids is 2. The lowest BCUT2D eigenvalue weighted by Gasteiger charge is -2.35. The predicted molar refractivity (Wildman–Crippen MR) is 83.5 cm³/mol. The number of primary amides is 1. The summed E-state index contributed by atoms with van der Waals surface area (Å²) in [7, 11) is 0. The predicted octanol–water partition coefficient (Wildman–Crippen LogP) is 0.894. The summed E-state index contributed by atoms with van der Waals surface area (Å²) in [5.74, 6) is 0.232. The van der Waals surface area contributed by atoms with Gasteiger partial charge >= 0.3 is 0 Å². The van der Waals surface area contributed by atoms with Gasteiger partial charge in [-0.15, -0.1) is 0 Å². The molecule has 4 N–H and O–H groups in total. The summed E-state index contributed by atoms with van der Waals surface area (Å²) in [6.07, 6.45) is 3.48. The molecule has 120 valence electrons. The van der Waals surface area contributed by atoms with Gasteiger partial charge in [0, 0.05) is 24.7 Å². The van der Waals surface area contributed by atoms with Gasteiger partial charge in [-0.25, -0.2) is 0 Å². The van der Waals surface area contributed by atoms with Crippen molar-refractivity contribution in [1.82, 2.24) is 4.90 Å². The fraction of sp³-hybridized carbons (Fsp3) is 0.500. The van der Waals surface area contributed by atoms with Crippen LogP contribution in [0, 0.1) is 0 Å². The molecular weight excluding hydrogens is 282 g/mol. The minimum Gasteiger partial charge on any atom is -0.493 e. The third-order valence-electron chi connectivity index (χ3n) is 3.94. The SMILES string of the molecule is NCC1CCCCN1C(=O)CCOc1ccc(C(N)=O)cc1. The largest absolute Gasteiger partial charge is 0.493 e. The van der Waals surface area contributed by atoms with Gasteiger partial charge in [-0.05, 0) is 43.5 Å². The Morgan fingerprint density at radius 3 is 2.59 bits per heavy atom. The van der Waals surface area contributed by atoms with E-state index in [2.05, 4.69) is 0 Å². The van der Waals surface area contributed by atoms with Crippen molar-refractivity contribution < 1.29 is 14.3 Å². The van der Waals surface area contributed by atoms with Crippen molar-refractivity contribution in [3.05, 3.63) is 29.8 Å². The fourth-order valence-corrected chi connectivity index (χ4v) is 2.69. The molecule has 1 atom stereocenters. The molecule has 6 nitrogen and oxygen atoms in total. The summed E-state index contributed by atoms with van der Waals surface area (Å²) < 4.78 is 5.54. The standard InChI is InChI=1S/C16H23N3O3/c17-11-13-3-1-2-9-19(13)15(20)8-10-22-14-6-4-12(5-7-14)16(18)21/h4-7,13H,1-3,8-11,17H2,(H2,18,21). The van der Waals surface area contributed by atoms with Crippen LogP contribution in [-0.4, -0.2) is 42.5 Å². The van der Waals surface area contributed by atoms with Gasteiger partial charge in [0.15, 0.2) is 0 Å². The lowest BCUT2D eigenvalue weighted by Crippen LogP contribution is -2.47. The molecule has 1 aromatic rings. The van der Waals surface area contributed by atoms with Crippen molar-refractivity contribution >= 4 is 11.8 Å². The Kier molecular flexibility index (Phi) is 5.77. The number of likely N-dealkylation sites (tertiary alicyclic amines) is 1. The Bertz CT molecular complexity index is 516. The number of benzene rings is 1. The van der Waals surface area contributed by atoms with Crippen molar-refractivity contribution in [2.24, 2.45) is 11.5 Å². The Hall–Kier alpha value is -2.08. The number of hydrogen-bond donors (Lipinski definition) is 2. The van der Waals surface area contributed by atoms with Crippen LogP contribution in [0.3, 0.4) is 0 Å². The van der Waals surface area contributed by atoms with Crippen LogP contribution in [0.5, 0.6) is 5.75 Å². The van der Waals surface area contributed by atoms with Crippen LogP contribution in [0.2, 0.25) is 0 Å². The molecule has 1 aromatic carbocycles. The van der Waals surface area contributed by atoms with E-state index in [4.69, 9.17) is 16.2 Å². The van der Waals surface area contributed by atoms with E-state index in [-0.39, 0.29) is 11.9 Å². The zero-order chi connectivity index (χ0) is 15.9. The Morgan fingerprint density at radius 2 is 1.95 bits per heavy atom. The molecule has 1 fully saturated rings. The molecule has 1 unspecified atom stereocenters. The molecule has 1 aliphatic heterocycles. The topological polar surface area (TPSA) is 98.7 Å². The van der Waals surface area contributed by atoms with Crippen molar-refractivity contribution in [2.45, 2.75) is 31.7 Å². The van der Waals surface area contributed by atoms with Crippen LogP contribution in [-0.2, 0) is 4.79 Å². The van der Waals surface area contributed by atoms with E-state index in [1.54, 1.807) is 24.3 Å². The Balaban J connectivity index is 1.80. The van der Waals surface area contributed by atoms with Gasteiger partial charge in [0.2, 0.25) is 11.8 Å². The number of carbonyl (C=O) groups is 2. The first-order valence-corrected chi connectivity index (χ1v) is 7.64. The average Bonchev–Trinajstić information content (AvgIpc) is 2.55. The highest BCUT2D eigenvalue weighted by Gasteiger charge is 2.25. The number of nitrogens with zero attached hydrogens (tertiary/aromatic N) is 1. The molecule has 1 saturated heterocycles. The van der Waals surface area contributed by atoms with Crippen LogP contribution in [0.4, 0.5) is 0 Å². The fourth-order valence-electron chi connectivity index (χ4n) is 2.69. The van der Waals surface area contributed by atoms with Crippen molar-refractivity contribution in [1.29, 1.82) is 0 Å². The lowest BCUT2D eigenvalue weighted by molar-refractivity contribution is -0.135. The molecule has 22 heavy (non-hydrogen) atoms. The van der Waals surface area contributed by atoms with E-state index < -0.39 is 5.91 Å². The third kappa shape index (κ3) is 4.21. The molecule has 0 aromatic heterocycles. The zero-order valence-corrected chi connectivity index (χ0v) is 12.7. The van der Waals surface area contributed by atoms with E-state index in [1.807, 2.05) is 4.90 Å². The number of amides is 2. The second-order valence-corrected chi connectivity index (χ2v) is 5.46. The highest BCUT2D eigenvalue weighted by molar-refractivity contribution is 5.92. The zero-order valence-electron chi connectivity index (χ0n) is 12.7. The normalized spacial score (nSPS) is 18.0. The minimum atomic E-state index is -0.473. The molecule has 0 saturated carbocycles. The Labute approximate surface area is 130 Å². The summed E-state index contributed by atoms with van der Waals surface area (Å²) in [5, 5.41) is 0. The molecule has 6 heteroatoms. The van der Waals surface area contributed by atoms with Crippen LogP contribution in [0.25, 0.3) is 0 Å². The van der Waals surface area contributed by atoms with E-state index in [0.717, 1.165) is 25.8 Å². The highest BCUT2D eigenvalue weighted by Crippen LogP contribution is 2.17. The van der Waals surface area contributed by atoms with E-state index in [9.17, 15) is 9.59 Å². The summed E-state index contributed by atoms with van der Waals surface area (Å²) in [6.45, 7) is 1.61. The van der Waals surface area contributed by atoms with Crippen LogP contribution in [0.1, 0.15) is 36.0 Å². The molecule has 0 bridgehead atoms. The summed E-state index contributed by atoms with van der Waals surface area (Å²) in [4.78, 5) is 25.1. The van der Waals surface area contributed by atoms with Gasteiger partial charge in [0.05, 0.1) is 13.0 Å². The number of ether oxygens (including phenoxy) is 1. The lowest BCUT2D eigenvalue weighted by atomic mass is 10.0. The molecule has 2 amide bonds. The summed E-state index contributed by atoms with van der Waals surface area (Å²) >= 11 is 0. The third-order valence-corrected chi connectivity index (χ3v) is 3.94. The van der Waals surface area contributed by atoms with E-state index in [1.165, 1.54) is 0 Å². The average molecular weight is 305 g/mol. The summed E-state index contributed by atoms with van der Waals surface area (Å²) in [6, 6.07) is 6.72. The quantitative estimate of drug-likeness (QED) is 0.815. The maximum Gasteiger partial charge on any atom is 0.248 e. The van der Waals surface area contributed by atoms with Gasteiger partial charge in [0.25, 0.3) is 0 Å². The van der Waals surface area contributed by atoms with Gasteiger partial charge in [0.1, 0.15) is 5.75 Å². The van der Waals surface area contributed by atoms with Gasteiger partial charge in [-0.3, -0.25) is 9.59 Å². The first-order chi connectivity index (χ1) is 10.6. The first-order valence-electron chi connectivity index (χ1n) is 7.64. The molecule has 0 spiro atoms. The number of piperidine rings is 1. The van der Waals surface area contributed by atoms with Crippen LogP contribution in [0.15, 0.2) is 24.3 Å². The smallest absolute Gasteiger partial charge is 0.248 e. The highest BCUT2D eigenvalue weighted by atomic mass is 16.5. The molecule has 1 aliphatic rings. The molecule has 0 radical (unpaired) electrons. The van der Waals surface area contributed by atoms with Gasteiger partial charge < -0.3 is 21.1 Å². The number of nitrogens with two attached hydrogens (primary N) is 2. The number of hydrogen-bond acceptors (Lipinski definition) is 4. The molecule has 2 rings (SSSR count). The first kappa shape index (κ1) is 16.3. The van der Waals surface area contributed by atoms with Crippen molar-refractivity contribution in [2.75, 3.05) is 19.7 Å². The number of rotatable bonds is 6. The van der Waals surface area contributed by atoms with Gasteiger partial charge in [-0.1, -0.05) is 0 Å². The maximum absolute atomic E-state index is 12.2. The molecule has 0 aliphatic carbocycles. The van der Waals surface area contributed by atoms with Crippen molar-refractivity contribution in [3.63, 3.8) is 0 Å². The second kappa shape index (κ2) is 7.79.